The maximum Gasteiger partial charge on any atom is 0.229 e. The van der Waals surface area contributed by atoms with Gasteiger partial charge < -0.3 is 9.73 Å². The van der Waals surface area contributed by atoms with Gasteiger partial charge in [0.05, 0.1) is 23.1 Å². The predicted octanol–water partition coefficient (Wildman–Crippen LogP) is 2.01. The van der Waals surface area contributed by atoms with Gasteiger partial charge in [0.2, 0.25) is 11.8 Å². The number of aromatic nitrogens is 2. The number of nitrogens with zero attached hydrogens (tertiary/aromatic N) is 2. The predicted molar refractivity (Wildman–Crippen MR) is 91.9 cm³/mol. The molecule has 1 saturated heterocycles. The van der Waals surface area contributed by atoms with Crippen molar-refractivity contribution in [3.05, 3.63) is 48.2 Å². The van der Waals surface area contributed by atoms with Crippen LogP contribution in [-0.4, -0.2) is 35.1 Å². The zero-order valence-corrected chi connectivity index (χ0v) is 13.9. The molecule has 134 valence electrons. The highest BCUT2D eigenvalue weighted by Crippen LogP contribution is 2.31. The van der Waals surface area contributed by atoms with E-state index in [1.54, 1.807) is 24.5 Å². The van der Waals surface area contributed by atoms with E-state index in [-0.39, 0.29) is 36.0 Å². The molecule has 0 spiro atoms. The Hall–Kier alpha value is -3.16. The zero-order chi connectivity index (χ0) is 18.1. The number of hydrogen-bond acceptors (Lipinski definition) is 4. The van der Waals surface area contributed by atoms with Crippen molar-refractivity contribution in [3.63, 3.8) is 0 Å². The van der Waals surface area contributed by atoms with Crippen molar-refractivity contribution in [2.45, 2.75) is 12.8 Å². The van der Waals surface area contributed by atoms with E-state index >= 15 is 0 Å². The van der Waals surface area contributed by atoms with E-state index in [0.717, 1.165) is 5.76 Å². The van der Waals surface area contributed by atoms with Crippen molar-refractivity contribution in [1.82, 2.24) is 15.5 Å². The van der Waals surface area contributed by atoms with Gasteiger partial charge in [-0.25, -0.2) is 4.39 Å². The van der Waals surface area contributed by atoms with Crippen LogP contribution in [0.4, 0.5) is 10.2 Å². The van der Waals surface area contributed by atoms with Crippen molar-refractivity contribution < 1.29 is 18.4 Å². The highest BCUT2D eigenvalue weighted by Gasteiger charge is 2.37. The van der Waals surface area contributed by atoms with Crippen molar-refractivity contribution in [2.24, 2.45) is 5.92 Å². The van der Waals surface area contributed by atoms with E-state index in [1.807, 2.05) is 6.07 Å². The molecule has 0 aliphatic carbocycles. The fourth-order valence-electron chi connectivity index (χ4n) is 3.20. The van der Waals surface area contributed by atoms with Gasteiger partial charge in [-0.2, -0.15) is 5.10 Å². The quantitative estimate of drug-likeness (QED) is 0.732. The van der Waals surface area contributed by atoms with Gasteiger partial charge in [0.25, 0.3) is 0 Å². The summed E-state index contributed by atoms with van der Waals surface area (Å²) in [5.41, 5.74) is 0.513. The largest absolute Gasteiger partial charge is 0.469 e. The molecule has 0 unspecified atom stereocenters. The number of fused-ring (bicyclic) bond motifs is 1. The Kier molecular flexibility index (Phi) is 4.16. The Bertz CT molecular complexity index is 951. The van der Waals surface area contributed by atoms with Crippen molar-refractivity contribution in [2.75, 3.05) is 18.0 Å². The Balaban J connectivity index is 1.44. The lowest BCUT2D eigenvalue weighted by atomic mass is 10.1. The first-order valence-corrected chi connectivity index (χ1v) is 8.36. The first-order chi connectivity index (χ1) is 12.6. The van der Waals surface area contributed by atoms with Gasteiger partial charge in [0, 0.05) is 25.9 Å². The summed E-state index contributed by atoms with van der Waals surface area (Å²) in [6.07, 6.45) is 2.24. The van der Waals surface area contributed by atoms with E-state index in [9.17, 15) is 14.0 Å². The van der Waals surface area contributed by atoms with Crippen LogP contribution >= 0.6 is 0 Å². The average molecular weight is 356 g/mol. The van der Waals surface area contributed by atoms with Crippen LogP contribution in [0.1, 0.15) is 12.2 Å². The number of anilines is 1. The molecular weight excluding hydrogens is 339 g/mol. The fraction of sp³-hybridized carbons (Fsp3) is 0.278. The van der Waals surface area contributed by atoms with E-state index in [0.29, 0.717) is 18.5 Å². The summed E-state index contributed by atoms with van der Waals surface area (Å²) in [5, 5.41) is 9.88. The van der Waals surface area contributed by atoms with Gasteiger partial charge in [-0.1, -0.05) is 6.07 Å². The second-order valence-electron chi connectivity index (χ2n) is 6.24. The summed E-state index contributed by atoms with van der Waals surface area (Å²) in [4.78, 5) is 26.1. The summed E-state index contributed by atoms with van der Waals surface area (Å²) in [7, 11) is 0. The smallest absolute Gasteiger partial charge is 0.229 e. The van der Waals surface area contributed by atoms with Crippen LogP contribution in [0.25, 0.3) is 10.9 Å². The number of rotatable bonds is 5. The molecule has 26 heavy (non-hydrogen) atoms. The highest BCUT2D eigenvalue weighted by molar-refractivity contribution is 6.05. The molecule has 4 rings (SSSR count). The minimum atomic E-state index is -0.488. The Morgan fingerprint density at radius 3 is 3.08 bits per heavy atom. The molecule has 7 nitrogen and oxygen atoms in total. The molecular formula is C18H17FN4O3. The molecule has 1 aliphatic heterocycles. The van der Waals surface area contributed by atoms with Crippen LogP contribution in [0.2, 0.25) is 0 Å². The second-order valence-corrected chi connectivity index (χ2v) is 6.24. The normalized spacial score (nSPS) is 17.2. The van der Waals surface area contributed by atoms with Gasteiger partial charge >= 0.3 is 0 Å². The van der Waals surface area contributed by atoms with Crippen LogP contribution < -0.4 is 10.2 Å². The molecule has 8 heteroatoms. The molecule has 1 atom stereocenters. The maximum atomic E-state index is 14.1. The molecule has 3 aromatic rings. The van der Waals surface area contributed by atoms with Gasteiger partial charge in [0.15, 0.2) is 5.82 Å². The lowest BCUT2D eigenvalue weighted by molar-refractivity contribution is -0.126. The molecule has 1 aliphatic rings. The van der Waals surface area contributed by atoms with Gasteiger partial charge in [-0.05, 0) is 24.3 Å². The number of carbonyl (C=O) groups is 2. The van der Waals surface area contributed by atoms with Crippen LogP contribution in [-0.2, 0) is 16.0 Å². The zero-order valence-electron chi connectivity index (χ0n) is 13.9. The minimum Gasteiger partial charge on any atom is -0.469 e. The number of aromatic amines is 1. The summed E-state index contributed by atoms with van der Waals surface area (Å²) < 4.78 is 19.3. The van der Waals surface area contributed by atoms with Crippen LogP contribution in [0.15, 0.2) is 41.0 Å². The van der Waals surface area contributed by atoms with Crippen molar-refractivity contribution in [1.29, 1.82) is 0 Å². The SMILES string of the molecule is O=C(NCCc1ccco1)[C@H]1CC(=O)N(c2n[nH]c3cccc(F)c23)C1. The maximum absolute atomic E-state index is 14.1. The van der Waals surface area contributed by atoms with Crippen LogP contribution in [0.5, 0.6) is 0 Å². The van der Waals surface area contributed by atoms with Crippen molar-refractivity contribution >= 4 is 28.5 Å². The third-order valence-corrected chi connectivity index (χ3v) is 4.52. The number of hydrogen-bond donors (Lipinski definition) is 2. The standard InChI is InChI=1S/C18H17FN4O3/c19-13-4-1-5-14-16(13)17(22-21-14)23-10-11(9-15(23)24)18(25)20-7-6-12-3-2-8-26-12/h1-5,8,11H,6-7,9-10H2,(H,20,25)(H,21,22)/t11-/m0/s1. The third kappa shape index (κ3) is 2.94. The molecule has 1 aromatic carbocycles. The molecule has 1 fully saturated rings. The number of carbonyl (C=O) groups excluding carboxylic acids is 2. The lowest BCUT2D eigenvalue weighted by Crippen LogP contribution is -2.34. The molecule has 0 saturated carbocycles. The molecule has 3 heterocycles. The monoisotopic (exact) mass is 356 g/mol. The van der Waals surface area contributed by atoms with E-state index in [2.05, 4.69) is 15.5 Å². The van der Waals surface area contributed by atoms with E-state index < -0.39 is 11.7 Å². The summed E-state index contributed by atoms with van der Waals surface area (Å²) in [6, 6.07) is 8.21. The minimum absolute atomic E-state index is 0.0788. The van der Waals surface area contributed by atoms with Gasteiger partial charge in [-0.15, -0.1) is 0 Å². The molecule has 2 N–H and O–H groups in total. The van der Waals surface area contributed by atoms with Crippen LogP contribution in [0, 0.1) is 11.7 Å². The molecule has 2 amide bonds. The van der Waals surface area contributed by atoms with Gasteiger partial charge in [0.1, 0.15) is 11.6 Å². The number of halogens is 1. The van der Waals surface area contributed by atoms with E-state index in [4.69, 9.17) is 4.42 Å². The highest BCUT2D eigenvalue weighted by atomic mass is 19.1. The first-order valence-electron chi connectivity index (χ1n) is 8.36. The topological polar surface area (TPSA) is 91.2 Å². The fourth-order valence-corrected chi connectivity index (χ4v) is 3.20. The Labute approximate surface area is 148 Å². The first kappa shape index (κ1) is 16.3. The lowest BCUT2D eigenvalue weighted by Gasteiger charge is -2.14. The van der Waals surface area contributed by atoms with Crippen molar-refractivity contribution in [3.8, 4) is 0 Å². The Morgan fingerprint density at radius 1 is 1.38 bits per heavy atom. The number of nitrogens with one attached hydrogen (secondary N) is 2. The summed E-state index contributed by atoms with van der Waals surface area (Å²) >= 11 is 0. The second kappa shape index (κ2) is 6.62. The van der Waals surface area contributed by atoms with Gasteiger partial charge in [-0.3, -0.25) is 19.6 Å². The number of benzene rings is 1. The Morgan fingerprint density at radius 2 is 2.27 bits per heavy atom. The number of amides is 2. The van der Waals surface area contributed by atoms with E-state index in [1.165, 1.54) is 11.0 Å². The third-order valence-electron chi connectivity index (χ3n) is 4.52. The summed E-state index contributed by atoms with van der Waals surface area (Å²) in [5.74, 6) is -0.370. The molecule has 0 bridgehead atoms. The van der Waals surface area contributed by atoms with Crippen LogP contribution in [0.3, 0.4) is 0 Å². The molecule has 2 aromatic heterocycles. The average Bonchev–Trinajstić information content (AvgIpc) is 3.34. The summed E-state index contributed by atoms with van der Waals surface area (Å²) in [6.45, 7) is 0.608. The number of H-pyrrole nitrogens is 1. The molecule has 0 radical (unpaired) electrons. The number of furan rings is 1.